The van der Waals surface area contributed by atoms with Gasteiger partial charge in [-0.3, -0.25) is 4.90 Å². The molecular weight excluding hydrogens is 220 g/mol. The minimum absolute atomic E-state index is 0.406. The number of hydrogen-bond acceptors (Lipinski definition) is 4. The molecule has 17 heavy (non-hydrogen) atoms. The molecule has 0 atom stereocenters. The van der Waals surface area contributed by atoms with Gasteiger partial charge in [0.15, 0.2) is 0 Å². The molecule has 1 aromatic rings. The highest BCUT2D eigenvalue weighted by Crippen LogP contribution is 2.33. The molecule has 1 fully saturated rings. The summed E-state index contributed by atoms with van der Waals surface area (Å²) in [7, 11) is 1.51. The van der Waals surface area contributed by atoms with Gasteiger partial charge in [-0.1, -0.05) is 6.07 Å². The molecule has 1 amide bonds. The van der Waals surface area contributed by atoms with Gasteiger partial charge in [0.2, 0.25) is 0 Å². The average Bonchev–Trinajstić information content (AvgIpc) is 2.38. The van der Waals surface area contributed by atoms with Crippen molar-refractivity contribution in [3.63, 3.8) is 0 Å². The van der Waals surface area contributed by atoms with Crippen molar-refractivity contribution in [1.29, 1.82) is 5.26 Å². The Hall–Kier alpha value is -2.22. The van der Waals surface area contributed by atoms with Gasteiger partial charge in [-0.05, 0) is 18.6 Å². The fourth-order valence-electron chi connectivity index (χ4n) is 1.81. The zero-order valence-electron chi connectivity index (χ0n) is 9.47. The van der Waals surface area contributed by atoms with Crippen molar-refractivity contribution in [1.82, 2.24) is 0 Å². The topological polar surface area (TPSA) is 62.6 Å². The maximum absolute atomic E-state index is 11.7. The minimum atomic E-state index is -0.433. The molecule has 5 nitrogen and oxygen atoms in total. The molecule has 5 heteroatoms. The van der Waals surface area contributed by atoms with Gasteiger partial charge in [0.25, 0.3) is 0 Å². The highest BCUT2D eigenvalue weighted by Gasteiger charge is 2.26. The van der Waals surface area contributed by atoms with E-state index >= 15 is 0 Å². The maximum Gasteiger partial charge on any atom is 0.414 e. The van der Waals surface area contributed by atoms with E-state index in [1.54, 1.807) is 18.2 Å². The van der Waals surface area contributed by atoms with Crippen LogP contribution in [0.15, 0.2) is 18.2 Å². The number of anilines is 1. The molecule has 2 rings (SSSR count). The number of methoxy groups -OCH3 is 1. The Morgan fingerprint density at radius 3 is 3.00 bits per heavy atom. The Morgan fingerprint density at radius 1 is 1.53 bits per heavy atom. The molecule has 1 aliphatic rings. The van der Waals surface area contributed by atoms with Crippen LogP contribution in [-0.4, -0.2) is 26.4 Å². The summed E-state index contributed by atoms with van der Waals surface area (Å²) in [5, 5.41) is 9.07. The first-order valence-electron chi connectivity index (χ1n) is 5.29. The third-order valence-electron chi connectivity index (χ3n) is 2.58. The fraction of sp³-hybridized carbons (Fsp3) is 0.333. The second kappa shape index (κ2) is 4.74. The van der Waals surface area contributed by atoms with E-state index in [0.717, 1.165) is 6.42 Å². The monoisotopic (exact) mass is 232 g/mol. The number of nitriles is 1. The number of para-hydroxylation sites is 1. The summed E-state index contributed by atoms with van der Waals surface area (Å²) in [4.78, 5) is 13.1. The molecule has 1 heterocycles. The Kier molecular flexibility index (Phi) is 3.15. The Morgan fingerprint density at radius 2 is 2.35 bits per heavy atom. The van der Waals surface area contributed by atoms with Crippen LogP contribution < -0.4 is 9.64 Å². The van der Waals surface area contributed by atoms with Gasteiger partial charge in [-0.25, -0.2) is 4.79 Å². The van der Waals surface area contributed by atoms with Gasteiger partial charge < -0.3 is 9.47 Å². The van der Waals surface area contributed by atoms with Gasteiger partial charge >= 0.3 is 6.09 Å². The molecule has 0 aromatic heterocycles. The lowest BCUT2D eigenvalue weighted by Gasteiger charge is -2.28. The summed E-state index contributed by atoms with van der Waals surface area (Å²) in [5.41, 5.74) is 0.894. The Labute approximate surface area is 99.2 Å². The smallest absolute Gasteiger partial charge is 0.414 e. The summed E-state index contributed by atoms with van der Waals surface area (Å²) < 4.78 is 10.2. The molecule has 0 bridgehead atoms. The van der Waals surface area contributed by atoms with Crippen molar-refractivity contribution >= 4 is 11.8 Å². The third kappa shape index (κ3) is 2.02. The third-order valence-corrected chi connectivity index (χ3v) is 2.58. The molecular formula is C12H12N2O3. The standard InChI is InChI=1S/C12H12N2O3/c1-16-10-5-2-4-9(8-13)11(10)14-6-3-7-17-12(14)15/h2,4-5H,3,6-7H2,1H3. The predicted molar refractivity (Wildman–Crippen MR) is 61.0 cm³/mol. The molecule has 0 spiro atoms. The lowest BCUT2D eigenvalue weighted by atomic mass is 10.1. The second-order valence-electron chi connectivity index (χ2n) is 3.59. The van der Waals surface area contributed by atoms with Gasteiger partial charge in [0, 0.05) is 6.54 Å². The van der Waals surface area contributed by atoms with Crippen molar-refractivity contribution in [3.05, 3.63) is 23.8 Å². The highest BCUT2D eigenvalue weighted by atomic mass is 16.6. The fourth-order valence-corrected chi connectivity index (χ4v) is 1.81. The lowest BCUT2D eigenvalue weighted by Crippen LogP contribution is -2.38. The first kappa shape index (κ1) is 11.3. The number of nitrogens with zero attached hydrogens (tertiary/aromatic N) is 2. The van der Waals surface area contributed by atoms with E-state index in [1.165, 1.54) is 12.0 Å². The summed E-state index contributed by atoms with van der Waals surface area (Å²) in [6.45, 7) is 0.959. The van der Waals surface area contributed by atoms with Gasteiger partial charge in [-0.15, -0.1) is 0 Å². The number of cyclic esters (lactones) is 1. The summed E-state index contributed by atoms with van der Waals surface area (Å²) in [5.74, 6) is 0.503. The van der Waals surface area contributed by atoms with Crippen molar-refractivity contribution in [2.75, 3.05) is 25.2 Å². The van der Waals surface area contributed by atoms with E-state index in [2.05, 4.69) is 6.07 Å². The number of ether oxygens (including phenoxy) is 2. The van der Waals surface area contributed by atoms with Crippen molar-refractivity contribution in [2.24, 2.45) is 0 Å². The van der Waals surface area contributed by atoms with E-state index in [-0.39, 0.29) is 0 Å². The summed E-state index contributed by atoms with van der Waals surface area (Å²) in [6.07, 6.45) is 0.312. The van der Waals surface area contributed by atoms with Crippen LogP contribution >= 0.6 is 0 Å². The van der Waals surface area contributed by atoms with Crippen molar-refractivity contribution in [2.45, 2.75) is 6.42 Å². The van der Waals surface area contributed by atoms with Crippen LogP contribution in [0, 0.1) is 11.3 Å². The van der Waals surface area contributed by atoms with Crippen LogP contribution in [0.4, 0.5) is 10.5 Å². The maximum atomic E-state index is 11.7. The molecule has 0 unspecified atom stereocenters. The van der Waals surface area contributed by atoms with Crippen LogP contribution in [-0.2, 0) is 4.74 Å². The first-order valence-corrected chi connectivity index (χ1v) is 5.29. The zero-order chi connectivity index (χ0) is 12.3. The summed E-state index contributed by atoms with van der Waals surface area (Å²) >= 11 is 0. The van der Waals surface area contributed by atoms with Gasteiger partial charge in [0.1, 0.15) is 17.5 Å². The second-order valence-corrected chi connectivity index (χ2v) is 3.59. The van der Waals surface area contributed by atoms with Crippen LogP contribution in [0.25, 0.3) is 0 Å². The van der Waals surface area contributed by atoms with Gasteiger partial charge in [0.05, 0.1) is 19.3 Å². The highest BCUT2D eigenvalue weighted by molar-refractivity contribution is 5.92. The minimum Gasteiger partial charge on any atom is -0.495 e. The normalized spacial score (nSPS) is 15.1. The largest absolute Gasteiger partial charge is 0.495 e. The quantitative estimate of drug-likeness (QED) is 0.781. The van der Waals surface area contributed by atoms with Crippen molar-refractivity contribution in [3.8, 4) is 11.8 Å². The number of rotatable bonds is 2. The van der Waals surface area contributed by atoms with Crippen LogP contribution in [0.1, 0.15) is 12.0 Å². The van der Waals surface area contributed by atoms with Gasteiger partial charge in [-0.2, -0.15) is 5.26 Å². The summed E-state index contributed by atoms with van der Waals surface area (Å²) in [6, 6.07) is 7.15. The van der Waals surface area contributed by atoms with E-state index in [4.69, 9.17) is 14.7 Å². The molecule has 1 aromatic carbocycles. The molecule has 0 N–H and O–H groups in total. The number of carbonyl (C=O) groups is 1. The number of benzene rings is 1. The van der Waals surface area contributed by atoms with E-state index in [0.29, 0.717) is 30.2 Å². The zero-order valence-corrected chi connectivity index (χ0v) is 9.47. The molecule has 88 valence electrons. The van der Waals surface area contributed by atoms with E-state index < -0.39 is 6.09 Å². The predicted octanol–water partition coefficient (Wildman–Crippen LogP) is 1.91. The SMILES string of the molecule is COc1cccc(C#N)c1N1CCCOC1=O. The van der Waals surface area contributed by atoms with E-state index in [1.807, 2.05) is 0 Å². The Bertz CT molecular complexity index is 479. The lowest BCUT2D eigenvalue weighted by molar-refractivity contribution is 0.140. The van der Waals surface area contributed by atoms with E-state index in [9.17, 15) is 4.79 Å². The molecule has 1 aliphatic heterocycles. The van der Waals surface area contributed by atoms with Crippen molar-refractivity contribution < 1.29 is 14.3 Å². The molecule has 0 aliphatic carbocycles. The number of amides is 1. The van der Waals surface area contributed by atoms with Crippen LogP contribution in [0.3, 0.4) is 0 Å². The van der Waals surface area contributed by atoms with Crippen LogP contribution in [0.2, 0.25) is 0 Å². The average molecular weight is 232 g/mol. The molecule has 1 saturated heterocycles. The first-order chi connectivity index (χ1) is 8.27. The number of hydrogen-bond donors (Lipinski definition) is 0. The molecule has 0 radical (unpaired) electrons. The Balaban J connectivity index is 2.48. The van der Waals surface area contributed by atoms with Crippen LogP contribution in [0.5, 0.6) is 5.75 Å². The number of carbonyl (C=O) groups excluding carboxylic acids is 1. The molecule has 0 saturated carbocycles.